The predicted molar refractivity (Wildman–Crippen MR) is 106 cm³/mol. The van der Waals surface area contributed by atoms with Crippen LogP contribution >= 0.6 is 0 Å². The van der Waals surface area contributed by atoms with E-state index in [4.69, 9.17) is 4.74 Å². The summed E-state index contributed by atoms with van der Waals surface area (Å²) in [5.74, 6) is 1.20. The summed E-state index contributed by atoms with van der Waals surface area (Å²) in [7, 11) is 0. The lowest BCUT2D eigenvalue weighted by molar-refractivity contribution is -0.123. The normalized spacial score (nSPS) is 15.0. The molecule has 1 unspecified atom stereocenters. The molecule has 0 aliphatic carbocycles. The lowest BCUT2D eigenvalue weighted by Gasteiger charge is -2.16. The van der Waals surface area contributed by atoms with Gasteiger partial charge in [0.2, 0.25) is 5.91 Å². The van der Waals surface area contributed by atoms with Gasteiger partial charge in [-0.25, -0.2) is 4.98 Å². The van der Waals surface area contributed by atoms with Crippen LogP contribution in [-0.2, 0) is 9.59 Å². The van der Waals surface area contributed by atoms with Crippen molar-refractivity contribution in [3.05, 3.63) is 54.4 Å². The largest absolute Gasteiger partial charge is 0.484 e. The van der Waals surface area contributed by atoms with E-state index < -0.39 is 0 Å². The number of carbonyl (C=O) groups excluding carboxylic acids is 2. The Morgan fingerprint density at radius 1 is 1.25 bits per heavy atom. The van der Waals surface area contributed by atoms with Gasteiger partial charge in [0.25, 0.3) is 5.91 Å². The van der Waals surface area contributed by atoms with E-state index in [-0.39, 0.29) is 24.5 Å². The lowest BCUT2D eigenvalue weighted by atomic mass is 10.3. The van der Waals surface area contributed by atoms with Crippen LogP contribution in [0.3, 0.4) is 0 Å². The van der Waals surface area contributed by atoms with Crippen LogP contribution in [0, 0.1) is 0 Å². The number of hydrogen-bond donors (Lipinski definition) is 2. The number of aromatic amines is 1. The number of hydrogen-bond acceptors (Lipinski definition) is 4. The number of imidazole rings is 1. The molecule has 1 aromatic heterocycles. The van der Waals surface area contributed by atoms with Crippen molar-refractivity contribution in [2.24, 2.45) is 0 Å². The van der Waals surface area contributed by atoms with Crippen molar-refractivity contribution in [2.45, 2.75) is 25.8 Å². The van der Waals surface area contributed by atoms with E-state index >= 15 is 0 Å². The number of H-pyrrole nitrogens is 1. The molecule has 2 aromatic carbocycles. The minimum absolute atomic E-state index is 0.0907. The second-order valence-electron chi connectivity index (χ2n) is 6.86. The van der Waals surface area contributed by atoms with Crippen molar-refractivity contribution in [3.8, 4) is 5.75 Å². The van der Waals surface area contributed by atoms with Crippen molar-refractivity contribution >= 4 is 28.5 Å². The summed E-state index contributed by atoms with van der Waals surface area (Å²) < 4.78 is 5.56. The Kier molecular flexibility index (Phi) is 4.97. The van der Waals surface area contributed by atoms with Gasteiger partial charge >= 0.3 is 0 Å². The van der Waals surface area contributed by atoms with Crippen LogP contribution in [0.4, 0.5) is 5.69 Å². The molecule has 2 amide bonds. The highest BCUT2D eigenvalue weighted by atomic mass is 16.5. The summed E-state index contributed by atoms with van der Waals surface area (Å²) >= 11 is 0. The molecular weight excluding hydrogens is 356 g/mol. The first-order chi connectivity index (χ1) is 13.6. The van der Waals surface area contributed by atoms with Crippen molar-refractivity contribution in [1.29, 1.82) is 0 Å². The van der Waals surface area contributed by atoms with E-state index in [1.54, 1.807) is 17.0 Å². The van der Waals surface area contributed by atoms with E-state index in [9.17, 15) is 9.59 Å². The van der Waals surface area contributed by atoms with Crippen molar-refractivity contribution in [3.63, 3.8) is 0 Å². The number of para-hydroxylation sites is 2. The minimum Gasteiger partial charge on any atom is -0.484 e. The summed E-state index contributed by atoms with van der Waals surface area (Å²) in [5.41, 5.74) is 2.66. The van der Waals surface area contributed by atoms with E-state index in [1.165, 1.54) is 0 Å². The van der Waals surface area contributed by atoms with Gasteiger partial charge < -0.3 is 19.9 Å². The first-order valence-electron chi connectivity index (χ1n) is 9.37. The Labute approximate surface area is 162 Å². The maximum Gasteiger partial charge on any atom is 0.258 e. The summed E-state index contributed by atoms with van der Waals surface area (Å²) in [6.45, 7) is 2.53. The number of amides is 2. The maximum atomic E-state index is 12.2. The Balaban J connectivity index is 1.30. The third kappa shape index (κ3) is 3.83. The fraction of sp³-hybridized carbons (Fsp3) is 0.286. The molecule has 7 heteroatoms. The Morgan fingerprint density at radius 2 is 2.04 bits per heavy atom. The van der Waals surface area contributed by atoms with Crippen LogP contribution < -0.4 is 15.0 Å². The Hall–Kier alpha value is -3.35. The van der Waals surface area contributed by atoms with Gasteiger partial charge in [0.15, 0.2) is 6.61 Å². The topological polar surface area (TPSA) is 87.3 Å². The lowest BCUT2D eigenvalue weighted by Crippen LogP contribution is -2.31. The Bertz CT molecular complexity index is 963. The van der Waals surface area contributed by atoms with Crippen LogP contribution in [0.15, 0.2) is 48.5 Å². The van der Waals surface area contributed by atoms with E-state index in [0.29, 0.717) is 18.0 Å². The van der Waals surface area contributed by atoms with Crippen molar-refractivity contribution in [2.75, 3.05) is 18.1 Å². The molecule has 0 saturated carbocycles. The molecule has 0 radical (unpaired) electrons. The fourth-order valence-corrected chi connectivity index (χ4v) is 3.32. The number of carbonyl (C=O) groups is 2. The zero-order valence-electron chi connectivity index (χ0n) is 15.6. The highest BCUT2D eigenvalue weighted by Gasteiger charge is 2.21. The quantitative estimate of drug-likeness (QED) is 0.690. The molecule has 1 aliphatic heterocycles. The monoisotopic (exact) mass is 378 g/mol. The summed E-state index contributed by atoms with van der Waals surface area (Å²) in [6.07, 6.45) is 1.49. The second kappa shape index (κ2) is 7.72. The fourth-order valence-electron chi connectivity index (χ4n) is 3.32. The minimum atomic E-state index is -0.257. The van der Waals surface area contributed by atoms with E-state index in [0.717, 1.165) is 29.7 Å². The number of benzene rings is 2. The van der Waals surface area contributed by atoms with E-state index in [2.05, 4.69) is 15.3 Å². The molecule has 4 rings (SSSR count). The molecule has 28 heavy (non-hydrogen) atoms. The molecule has 7 nitrogen and oxygen atoms in total. The average Bonchev–Trinajstić information content (AvgIpc) is 3.33. The highest BCUT2D eigenvalue weighted by Crippen LogP contribution is 2.24. The molecule has 0 bridgehead atoms. The van der Waals surface area contributed by atoms with Crippen LogP contribution in [0.2, 0.25) is 0 Å². The number of nitrogens with zero attached hydrogens (tertiary/aromatic N) is 2. The third-order valence-corrected chi connectivity index (χ3v) is 4.79. The van der Waals surface area contributed by atoms with E-state index in [1.807, 2.05) is 43.3 Å². The van der Waals surface area contributed by atoms with Gasteiger partial charge in [0.05, 0.1) is 17.1 Å². The van der Waals surface area contributed by atoms with Gasteiger partial charge in [-0.05, 0) is 49.7 Å². The average molecular weight is 378 g/mol. The molecule has 1 saturated heterocycles. The number of ether oxygens (including phenoxy) is 1. The SMILES string of the molecule is CC(NC(=O)COc1ccc(N2CCCC2=O)cc1)c1nc2ccccc2[nH]1. The molecule has 1 atom stereocenters. The molecule has 2 N–H and O–H groups in total. The van der Waals surface area contributed by atoms with Gasteiger partial charge in [-0.3, -0.25) is 9.59 Å². The number of aromatic nitrogens is 2. The summed E-state index contributed by atoms with van der Waals surface area (Å²) in [5, 5.41) is 2.88. The van der Waals surface area contributed by atoms with Gasteiger partial charge in [0, 0.05) is 18.7 Å². The second-order valence-corrected chi connectivity index (χ2v) is 6.86. The smallest absolute Gasteiger partial charge is 0.258 e. The summed E-state index contributed by atoms with van der Waals surface area (Å²) in [4.78, 5) is 33.5. The van der Waals surface area contributed by atoms with Crippen LogP contribution in [0.5, 0.6) is 5.75 Å². The number of anilines is 1. The molecule has 144 valence electrons. The van der Waals surface area contributed by atoms with Crippen LogP contribution in [0.25, 0.3) is 11.0 Å². The number of fused-ring (bicyclic) bond motifs is 1. The molecule has 1 fully saturated rings. The number of nitrogens with one attached hydrogen (secondary N) is 2. The van der Waals surface area contributed by atoms with Gasteiger partial charge in [-0.1, -0.05) is 12.1 Å². The predicted octanol–water partition coefficient (Wildman–Crippen LogP) is 2.95. The third-order valence-electron chi connectivity index (χ3n) is 4.79. The molecular formula is C21H22N4O3. The molecule has 2 heterocycles. The molecule has 3 aromatic rings. The standard InChI is InChI=1S/C21H22N4O3/c1-14(21-23-17-5-2-3-6-18(17)24-21)22-19(26)13-28-16-10-8-15(9-11-16)25-12-4-7-20(25)27/h2-3,5-6,8-11,14H,4,7,12-13H2,1H3,(H,22,26)(H,23,24). The first-order valence-corrected chi connectivity index (χ1v) is 9.37. The van der Waals surface area contributed by atoms with Gasteiger partial charge in [-0.2, -0.15) is 0 Å². The molecule has 0 spiro atoms. The summed E-state index contributed by atoms with van der Waals surface area (Å²) in [6, 6.07) is 14.7. The number of rotatable bonds is 6. The van der Waals surface area contributed by atoms with Crippen LogP contribution in [0.1, 0.15) is 31.6 Å². The van der Waals surface area contributed by atoms with Crippen molar-refractivity contribution < 1.29 is 14.3 Å². The van der Waals surface area contributed by atoms with Crippen LogP contribution in [-0.4, -0.2) is 34.9 Å². The zero-order chi connectivity index (χ0) is 19.5. The van der Waals surface area contributed by atoms with Gasteiger partial charge in [-0.15, -0.1) is 0 Å². The van der Waals surface area contributed by atoms with Gasteiger partial charge in [0.1, 0.15) is 11.6 Å². The first kappa shape index (κ1) is 18.0. The maximum absolute atomic E-state index is 12.2. The highest BCUT2D eigenvalue weighted by molar-refractivity contribution is 5.95. The van der Waals surface area contributed by atoms with Crippen molar-refractivity contribution in [1.82, 2.24) is 15.3 Å². The Morgan fingerprint density at radius 3 is 2.75 bits per heavy atom. The molecule has 1 aliphatic rings. The zero-order valence-corrected chi connectivity index (χ0v) is 15.6.